The maximum absolute atomic E-state index is 11.8. The van der Waals surface area contributed by atoms with E-state index < -0.39 is 0 Å². The molecule has 4 nitrogen and oxygen atoms in total. The number of aromatic amines is 2. The summed E-state index contributed by atoms with van der Waals surface area (Å²) in [7, 11) is 0. The van der Waals surface area contributed by atoms with Crippen molar-refractivity contribution in [1.29, 1.82) is 0 Å². The molecule has 4 heteroatoms. The van der Waals surface area contributed by atoms with Crippen molar-refractivity contribution in [2.24, 2.45) is 11.8 Å². The Balaban J connectivity index is 2.05. The maximum atomic E-state index is 11.8. The Morgan fingerprint density at radius 3 is 2.83 bits per heavy atom. The third kappa shape index (κ3) is 1.78. The Morgan fingerprint density at radius 1 is 1.28 bits per heavy atom. The van der Waals surface area contributed by atoms with Crippen LogP contribution in [0.15, 0.2) is 23.3 Å². The monoisotopic (exact) mass is 243 g/mol. The van der Waals surface area contributed by atoms with E-state index in [2.05, 4.69) is 28.8 Å². The number of fused-ring (bicyclic) bond motifs is 1. The molecule has 0 aromatic carbocycles. The first-order valence-corrected chi connectivity index (χ1v) is 6.40. The Labute approximate surface area is 105 Å². The van der Waals surface area contributed by atoms with E-state index in [1.165, 1.54) is 11.8 Å². The Morgan fingerprint density at radius 2 is 2.06 bits per heavy atom. The predicted molar refractivity (Wildman–Crippen MR) is 70.4 cm³/mol. The number of nitrogens with zero attached hydrogens (tertiary/aromatic N) is 1. The maximum Gasteiger partial charge on any atom is 0.192 e. The molecule has 1 aliphatic carbocycles. The van der Waals surface area contributed by atoms with Crippen LogP contribution in [0.4, 0.5) is 0 Å². The summed E-state index contributed by atoms with van der Waals surface area (Å²) in [5, 5.41) is 0. The van der Waals surface area contributed by atoms with E-state index in [-0.39, 0.29) is 5.43 Å². The van der Waals surface area contributed by atoms with Crippen molar-refractivity contribution in [3.05, 3.63) is 40.1 Å². The second-order valence-corrected chi connectivity index (χ2v) is 5.30. The van der Waals surface area contributed by atoms with Crippen LogP contribution < -0.4 is 5.43 Å². The van der Waals surface area contributed by atoms with Gasteiger partial charge in [-0.05, 0) is 24.7 Å². The smallest absolute Gasteiger partial charge is 0.192 e. The number of H-pyrrole nitrogens is 2. The highest BCUT2D eigenvalue weighted by Gasteiger charge is 2.25. The summed E-state index contributed by atoms with van der Waals surface area (Å²) in [5.74, 6) is 2.02. The van der Waals surface area contributed by atoms with Crippen molar-refractivity contribution < 1.29 is 0 Å². The van der Waals surface area contributed by atoms with Gasteiger partial charge < -0.3 is 9.97 Å². The first-order chi connectivity index (χ1) is 8.65. The Bertz CT molecular complexity index is 598. The molecular weight excluding hydrogens is 226 g/mol. The van der Waals surface area contributed by atoms with Crippen LogP contribution in [0.25, 0.3) is 11.4 Å². The summed E-state index contributed by atoms with van der Waals surface area (Å²) in [6.07, 6.45) is 5.37. The largest absolute Gasteiger partial charge is 0.367 e. The highest BCUT2D eigenvalue weighted by Crippen LogP contribution is 2.29. The van der Waals surface area contributed by atoms with Crippen LogP contribution in [0.2, 0.25) is 0 Å². The molecule has 94 valence electrons. The van der Waals surface area contributed by atoms with E-state index in [1.54, 1.807) is 12.4 Å². The van der Waals surface area contributed by atoms with Gasteiger partial charge in [-0.1, -0.05) is 13.8 Å². The average Bonchev–Trinajstić information content (AvgIpc) is 2.73. The molecule has 2 aromatic rings. The van der Waals surface area contributed by atoms with Gasteiger partial charge in [-0.3, -0.25) is 4.79 Å². The van der Waals surface area contributed by atoms with Crippen molar-refractivity contribution in [3.8, 4) is 11.4 Å². The topological polar surface area (TPSA) is 61.5 Å². The highest BCUT2D eigenvalue weighted by atomic mass is 16.1. The zero-order valence-corrected chi connectivity index (χ0v) is 10.7. The fourth-order valence-corrected chi connectivity index (χ4v) is 2.54. The normalized spacial score (nSPS) is 22.8. The molecule has 0 radical (unpaired) electrons. The predicted octanol–water partition coefficient (Wildman–Crippen LogP) is 2.14. The van der Waals surface area contributed by atoms with Gasteiger partial charge in [0.25, 0.3) is 0 Å². The minimum Gasteiger partial charge on any atom is -0.367 e. The summed E-state index contributed by atoms with van der Waals surface area (Å²) in [5.41, 5.74) is 2.94. The highest BCUT2D eigenvalue weighted by molar-refractivity contribution is 5.54. The molecule has 2 N–H and O–H groups in total. The lowest BCUT2D eigenvalue weighted by Gasteiger charge is -2.24. The number of imidazole rings is 1. The minimum absolute atomic E-state index is 0.000874. The average molecular weight is 243 g/mol. The molecule has 18 heavy (non-hydrogen) atoms. The lowest BCUT2D eigenvalue weighted by atomic mass is 9.82. The molecule has 2 heterocycles. The summed E-state index contributed by atoms with van der Waals surface area (Å²) >= 11 is 0. The first kappa shape index (κ1) is 11.3. The number of hydrogen-bond acceptors (Lipinski definition) is 2. The van der Waals surface area contributed by atoms with Crippen LogP contribution in [0.1, 0.15) is 25.2 Å². The lowest BCUT2D eigenvalue weighted by molar-refractivity contribution is 0.355. The van der Waals surface area contributed by atoms with Crippen molar-refractivity contribution in [3.63, 3.8) is 0 Å². The second-order valence-electron chi connectivity index (χ2n) is 5.30. The standard InChI is InChI=1S/C14H17N3O/c1-8-5-11-12(6-9(8)2)17-14(16-11)10-7-15-4-3-13(10)18/h3-4,7-9H,5-6H2,1-2H3,(H,15,18)(H,16,17). The van der Waals surface area contributed by atoms with Crippen LogP contribution in [0, 0.1) is 11.8 Å². The first-order valence-electron chi connectivity index (χ1n) is 6.40. The summed E-state index contributed by atoms with van der Waals surface area (Å²) in [4.78, 5) is 22.6. The van der Waals surface area contributed by atoms with E-state index in [1.807, 2.05) is 0 Å². The number of aromatic nitrogens is 3. The molecule has 2 atom stereocenters. The molecule has 0 amide bonds. The Hall–Kier alpha value is -1.84. The molecule has 0 saturated carbocycles. The van der Waals surface area contributed by atoms with Gasteiger partial charge >= 0.3 is 0 Å². The molecule has 0 saturated heterocycles. The number of nitrogens with one attached hydrogen (secondary N) is 2. The zero-order chi connectivity index (χ0) is 12.7. The van der Waals surface area contributed by atoms with Gasteiger partial charge in [0.05, 0.1) is 11.3 Å². The number of hydrogen-bond donors (Lipinski definition) is 2. The molecular formula is C14H17N3O. The summed E-state index contributed by atoms with van der Waals surface area (Å²) < 4.78 is 0. The van der Waals surface area contributed by atoms with E-state index in [0.29, 0.717) is 23.2 Å². The van der Waals surface area contributed by atoms with Gasteiger partial charge in [-0.2, -0.15) is 0 Å². The van der Waals surface area contributed by atoms with Gasteiger partial charge in [-0.25, -0.2) is 4.98 Å². The van der Waals surface area contributed by atoms with E-state index >= 15 is 0 Å². The van der Waals surface area contributed by atoms with Crippen LogP contribution >= 0.6 is 0 Å². The van der Waals surface area contributed by atoms with Gasteiger partial charge in [-0.15, -0.1) is 0 Å². The molecule has 1 aliphatic rings. The second kappa shape index (κ2) is 4.12. The number of rotatable bonds is 1. The van der Waals surface area contributed by atoms with Crippen LogP contribution in [-0.4, -0.2) is 15.0 Å². The van der Waals surface area contributed by atoms with Crippen molar-refractivity contribution in [1.82, 2.24) is 15.0 Å². The van der Waals surface area contributed by atoms with E-state index in [9.17, 15) is 4.79 Å². The van der Waals surface area contributed by atoms with Gasteiger partial charge in [0.1, 0.15) is 5.82 Å². The fourth-order valence-electron chi connectivity index (χ4n) is 2.54. The van der Waals surface area contributed by atoms with Crippen LogP contribution in [0.3, 0.4) is 0 Å². The van der Waals surface area contributed by atoms with E-state index in [0.717, 1.165) is 18.5 Å². The molecule has 0 bridgehead atoms. The molecule has 2 aromatic heterocycles. The number of pyridine rings is 1. The quantitative estimate of drug-likeness (QED) is 0.806. The van der Waals surface area contributed by atoms with Gasteiger partial charge in [0.15, 0.2) is 5.43 Å². The fraction of sp³-hybridized carbons (Fsp3) is 0.429. The third-order valence-corrected chi connectivity index (χ3v) is 3.96. The van der Waals surface area contributed by atoms with Crippen LogP contribution in [0.5, 0.6) is 0 Å². The zero-order valence-electron chi connectivity index (χ0n) is 10.7. The lowest BCUT2D eigenvalue weighted by Crippen LogP contribution is -2.20. The van der Waals surface area contributed by atoms with Gasteiger partial charge in [0, 0.05) is 24.2 Å². The Kier molecular flexibility index (Phi) is 2.58. The molecule has 0 aliphatic heterocycles. The summed E-state index contributed by atoms with van der Waals surface area (Å²) in [6.45, 7) is 4.53. The third-order valence-electron chi connectivity index (χ3n) is 3.96. The molecule has 2 unspecified atom stereocenters. The van der Waals surface area contributed by atoms with E-state index in [4.69, 9.17) is 0 Å². The molecule has 0 spiro atoms. The van der Waals surface area contributed by atoms with Crippen molar-refractivity contribution in [2.75, 3.05) is 0 Å². The van der Waals surface area contributed by atoms with Crippen molar-refractivity contribution in [2.45, 2.75) is 26.7 Å². The SMILES string of the molecule is CC1Cc2nc(-c3c[nH]ccc3=O)[nH]c2CC1C. The van der Waals surface area contributed by atoms with Gasteiger partial charge in [0.2, 0.25) is 0 Å². The van der Waals surface area contributed by atoms with Crippen LogP contribution in [-0.2, 0) is 12.8 Å². The minimum atomic E-state index is 0.000874. The molecule has 3 rings (SSSR count). The van der Waals surface area contributed by atoms with Crippen molar-refractivity contribution >= 4 is 0 Å². The summed E-state index contributed by atoms with van der Waals surface area (Å²) in [6, 6.07) is 1.53. The molecule has 0 fully saturated rings.